The highest BCUT2D eigenvalue weighted by atomic mass is 35.5. The fourth-order valence-corrected chi connectivity index (χ4v) is 2.58. The van der Waals surface area contributed by atoms with Crippen molar-refractivity contribution in [2.45, 2.75) is 38.6 Å². The zero-order valence-corrected chi connectivity index (χ0v) is 11.4. The zero-order valence-electron chi connectivity index (χ0n) is 10.6. The number of carboxylic acid groups (broad SMARTS) is 1. The maximum Gasteiger partial charge on any atom is 0.337 e. The van der Waals surface area contributed by atoms with Gasteiger partial charge in [0.2, 0.25) is 0 Å². The van der Waals surface area contributed by atoms with Gasteiger partial charge in [0.15, 0.2) is 0 Å². The van der Waals surface area contributed by atoms with Crippen molar-refractivity contribution in [2.75, 3.05) is 5.32 Å². The number of hydrogen-bond acceptors (Lipinski definition) is 2. The van der Waals surface area contributed by atoms with Crippen LogP contribution in [0.1, 0.15) is 43.0 Å². The van der Waals surface area contributed by atoms with Crippen LogP contribution in [0.5, 0.6) is 0 Å². The molecule has 0 spiro atoms. The Kier molecular flexibility index (Phi) is 5.48. The summed E-state index contributed by atoms with van der Waals surface area (Å²) in [7, 11) is 0. The van der Waals surface area contributed by atoms with Crippen LogP contribution in [0.25, 0.3) is 0 Å². The molecule has 1 fully saturated rings. The normalized spacial score (nSPS) is 22.9. The molecule has 2 unspecified atom stereocenters. The molecule has 18 heavy (non-hydrogen) atoms. The molecule has 2 atom stereocenters. The number of hydrogen-bond donors (Lipinski definition) is 2. The van der Waals surface area contributed by atoms with Crippen LogP contribution in [0.2, 0.25) is 0 Å². The highest BCUT2D eigenvalue weighted by Crippen LogP contribution is 2.27. The molecule has 1 aromatic carbocycles. The summed E-state index contributed by atoms with van der Waals surface area (Å²) in [5.74, 6) is -0.129. The molecule has 0 amide bonds. The van der Waals surface area contributed by atoms with Crippen molar-refractivity contribution in [2.24, 2.45) is 5.92 Å². The van der Waals surface area contributed by atoms with Crippen LogP contribution < -0.4 is 5.32 Å². The Balaban J connectivity index is 0.00000162. The second-order valence-corrected chi connectivity index (χ2v) is 4.96. The third kappa shape index (κ3) is 3.64. The number of rotatable bonds is 3. The van der Waals surface area contributed by atoms with Gasteiger partial charge >= 0.3 is 5.97 Å². The third-order valence-corrected chi connectivity index (χ3v) is 3.45. The minimum atomic E-state index is -0.864. The molecule has 3 nitrogen and oxygen atoms in total. The molecule has 2 rings (SSSR count). The van der Waals surface area contributed by atoms with Crippen LogP contribution in [-0.2, 0) is 0 Å². The molecule has 4 heteroatoms. The standard InChI is InChI=1S/C14H19NO2.ClH/c1-10-5-4-6-11(9-10)15-13-8-3-2-7-12(13)14(16)17;/h2-3,7-8,10-11,15H,4-6,9H2,1H3,(H,16,17);1H. The van der Waals surface area contributed by atoms with Crippen molar-refractivity contribution in [3.8, 4) is 0 Å². The second-order valence-electron chi connectivity index (χ2n) is 4.96. The van der Waals surface area contributed by atoms with E-state index in [1.807, 2.05) is 12.1 Å². The quantitative estimate of drug-likeness (QED) is 0.878. The zero-order chi connectivity index (χ0) is 12.3. The van der Waals surface area contributed by atoms with Gasteiger partial charge in [-0.05, 0) is 30.9 Å². The topological polar surface area (TPSA) is 49.3 Å². The van der Waals surface area contributed by atoms with E-state index in [9.17, 15) is 4.79 Å². The monoisotopic (exact) mass is 269 g/mol. The van der Waals surface area contributed by atoms with E-state index in [-0.39, 0.29) is 12.4 Å². The smallest absolute Gasteiger partial charge is 0.337 e. The lowest BCUT2D eigenvalue weighted by atomic mass is 9.87. The first-order valence-electron chi connectivity index (χ1n) is 6.25. The van der Waals surface area contributed by atoms with E-state index in [1.165, 1.54) is 12.8 Å². The van der Waals surface area contributed by atoms with Crippen molar-refractivity contribution >= 4 is 24.1 Å². The molecule has 100 valence electrons. The number of carboxylic acids is 1. The Bertz CT molecular complexity index is 409. The SMILES string of the molecule is CC1CCCC(Nc2ccccc2C(=O)O)C1.Cl. The lowest BCUT2D eigenvalue weighted by molar-refractivity contribution is 0.0698. The summed E-state index contributed by atoms with van der Waals surface area (Å²) >= 11 is 0. The van der Waals surface area contributed by atoms with Crippen molar-refractivity contribution < 1.29 is 9.90 Å². The van der Waals surface area contributed by atoms with Gasteiger partial charge in [-0.15, -0.1) is 12.4 Å². The van der Waals surface area contributed by atoms with Gasteiger partial charge in [0, 0.05) is 11.7 Å². The van der Waals surface area contributed by atoms with E-state index in [0.717, 1.165) is 24.4 Å². The van der Waals surface area contributed by atoms with E-state index in [2.05, 4.69) is 12.2 Å². The van der Waals surface area contributed by atoms with E-state index < -0.39 is 5.97 Å². The molecular formula is C14H20ClNO2. The number of benzene rings is 1. The predicted molar refractivity (Wildman–Crippen MR) is 75.7 cm³/mol. The molecule has 0 aliphatic heterocycles. The Morgan fingerprint density at radius 2 is 2.06 bits per heavy atom. The molecule has 0 heterocycles. The van der Waals surface area contributed by atoms with Crippen molar-refractivity contribution in [1.82, 2.24) is 0 Å². The van der Waals surface area contributed by atoms with Crippen molar-refractivity contribution in [3.63, 3.8) is 0 Å². The fourth-order valence-electron chi connectivity index (χ4n) is 2.58. The van der Waals surface area contributed by atoms with Crippen LogP contribution in [0.3, 0.4) is 0 Å². The summed E-state index contributed by atoms with van der Waals surface area (Å²) in [6, 6.07) is 7.55. The van der Waals surface area contributed by atoms with E-state index >= 15 is 0 Å². The maximum atomic E-state index is 11.1. The minimum Gasteiger partial charge on any atom is -0.478 e. The molecule has 1 saturated carbocycles. The minimum absolute atomic E-state index is 0. The first-order valence-corrected chi connectivity index (χ1v) is 6.25. The molecule has 0 aromatic heterocycles. The molecule has 0 radical (unpaired) electrons. The molecule has 1 aromatic rings. The molecule has 1 aliphatic rings. The van der Waals surface area contributed by atoms with Crippen LogP contribution in [-0.4, -0.2) is 17.1 Å². The predicted octanol–water partition coefficient (Wildman–Crippen LogP) is 3.80. The number of para-hydroxylation sites is 1. The second kappa shape index (κ2) is 6.64. The molecule has 2 N–H and O–H groups in total. The Morgan fingerprint density at radius 1 is 1.33 bits per heavy atom. The summed E-state index contributed by atoms with van der Waals surface area (Å²) < 4.78 is 0. The Labute approximate surface area is 114 Å². The number of nitrogens with one attached hydrogen (secondary N) is 1. The summed E-state index contributed by atoms with van der Waals surface area (Å²) in [5.41, 5.74) is 1.12. The Morgan fingerprint density at radius 3 is 2.72 bits per heavy atom. The molecule has 0 saturated heterocycles. The lowest BCUT2D eigenvalue weighted by Crippen LogP contribution is -2.27. The third-order valence-electron chi connectivity index (χ3n) is 3.45. The highest BCUT2D eigenvalue weighted by Gasteiger charge is 2.20. The summed E-state index contributed by atoms with van der Waals surface area (Å²) in [5, 5.41) is 12.5. The van der Waals surface area contributed by atoms with Gasteiger partial charge in [0.25, 0.3) is 0 Å². The first kappa shape index (κ1) is 14.8. The lowest BCUT2D eigenvalue weighted by Gasteiger charge is -2.28. The van der Waals surface area contributed by atoms with Crippen LogP contribution >= 0.6 is 12.4 Å². The molecule has 1 aliphatic carbocycles. The van der Waals surface area contributed by atoms with Gasteiger partial charge in [-0.2, -0.15) is 0 Å². The van der Waals surface area contributed by atoms with Gasteiger partial charge in [0.1, 0.15) is 0 Å². The molecular weight excluding hydrogens is 250 g/mol. The largest absolute Gasteiger partial charge is 0.478 e. The highest BCUT2D eigenvalue weighted by molar-refractivity contribution is 5.94. The van der Waals surface area contributed by atoms with E-state index in [0.29, 0.717) is 11.6 Å². The van der Waals surface area contributed by atoms with Crippen molar-refractivity contribution in [3.05, 3.63) is 29.8 Å². The van der Waals surface area contributed by atoms with Crippen LogP contribution in [0.4, 0.5) is 5.69 Å². The number of carbonyl (C=O) groups is 1. The number of anilines is 1. The van der Waals surface area contributed by atoms with Crippen LogP contribution in [0.15, 0.2) is 24.3 Å². The van der Waals surface area contributed by atoms with Gasteiger partial charge in [-0.25, -0.2) is 4.79 Å². The van der Waals surface area contributed by atoms with E-state index in [1.54, 1.807) is 12.1 Å². The summed E-state index contributed by atoms with van der Waals surface area (Å²) in [6.07, 6.45) is 4.79. The van der Waals surface area contributed by atoms with Crippen LogP contribution in [0, 0.1) is 5.92 Å². The number of halogens is 1. The number of aromatic carboxylic acids is 1. The Hall–Kier alpha value is -1.22. The van der Waals surface area contributed by atoms with E-state index in [4.69, 9.17) is 5.11 Å². The van der Waals surface area contributed by atoms with Gasteiger partial charge < -0.3 is 10.4 Å². The first-order chi connectivity index (χ1) is 8.16. The summed E-state index contributed by atoms with van der Waals surface area (Å²) in [6.45, 7) is 2.26. The van der Waals surface area contributed by atoms with Gasteiger partial charge in [-0.1, -0.05) is 31.9 Å². The van der Waals surface area contributed by atoms with Gasteiger partial charge in [0.05, 0.1) is 5.56 Å². The maximum absolute atomic E-state index is 11.1. The average molecular weight is 270 g/mol. The van der Waals surface area contributed by atoms with Gasteiger partial charge in [-0.3, -0.25) is 0 Å². The fraction of sp³-hybridized carbons (Fsp3) is 0.500. The summed E-state index contributed by atoms with van der Waals surface area (Å²) in [4.78, 5) is 11.1. The van der Waals surface area contributed by atoms with Crippen molar-refractivity contribution in [1.29, 1.82) is 0 Å². The average Bonchev–Trinajstić information content (AvgIpc) is 2.29. The molecule has 0 bridgehead atoms.